The normalized spacial score (nSPS) is 13.3. The van der Waals surface area contributed by atoms with E-state index >= 15 is 0 Å². The number of halogens is 1. The molecule has 22 heavy (non-hydrogen) atoms. The highest BCUT2D eigenvalue weighted by molar-refractivity contribution is 9.10. The number of methoxy groups -OCH3 is 2. The topological polar surface area (TPSA) is 47.9 Å². The number of aliphatic hydroxyl groups is 1. The van der Waals surface area contributed by atoms with E-state index in [0.717, 1.165) is 15.8 Å². The number of rotatable bonds is 6. The summed E-state index contributed by atoms with van der Waals surface area (Å²) in [5, 5.41) is 10.4. The maximum Gasteiger partial charge on any atom is 0.161 e. The van der Waals surface area contributed by atoms with E-state index in [4.69, 9.17) is 14.2 Å². The molecule has 4 nitrogen and oxygen atoms in total. The molecule has 0 fully saturated rings. The fourth-order valence-corrected chi connectivity index (χ4v) is 2.42. The van der Waals surface area contributed by atoms with Gasteiger partial charge >= 0.3 is 0 Å². The lowest BCUT2D eigenvalue weighted by atomic mass is 10.1. The molecule has 118 valence electrons. The Morgan fingerprint density at radius 1 is 0.955 bits per heavy atom. The lowest BCUT2D eigenvalue weighted by Crippen LogP contribution is -2.22. The molecule has 2 aromatic carbocycles. The van der Waals surface area contributed by atoms with Gasteiger partial charge in [0.25, 0.3) is 0 Å². The number of aliphatic hydroxyl groups excluding tert-OH is 1. The van der Waals surface area contributed by atoms with Gasteiger partial charge in [0.05, 0.1) is 14.2 Å². The summed E-state index contributed by atoms with van der Waals surface area (Å²) in [6.07, 6.45) is -1.18. The van der Waals surface area contributed by atoms with Crippen LogP contribution in [0.15, 0.2) is 46.9 Å². The first-order chi connectivity index (χ1) is 10.5. The Labute approximate surface area is 138 Å². The van der Waals surface area contributed by atoms with Crippen molar-refractivity contribution in [2.24, 2.45) is 0 Å². The Balaban J connectivity index is 2.12. The van der Waals surface area contributed by atoms with Crippen molar-refractivity contribution in [1.82, 2.24) is 0 Å². The summed E-state index contributed by atoms with van der Waals surface area (Å²) < 4.78 is 17.1. The van der Waals surface area contributed by atoms with E-state index in [-0.39, 0.29) is 0 Å². The van der Waals surface area contributed by atoms with Gasteiger partial charge in [-0.2, -0.15) is 0 Å². The molecule has 0 aliphatic carbocycles. The summed E-state index contributed by atoms with van der Waals surface area (Å²) in [5.74, 6) is 1.95. The summed E-state index contributed by atoms with van der Waals surface area (Å²) in [6.45, 7) is 1.82. The molecule has 0 radical (unpaired) electrons. The van der Waals surface area contributed by atoms with Gasteiger partial charge in [0.1, 0.15) is 18.0 Å². The van der Waals surface area contributed by atoms with Crippen LogP contribution in [-0.4, -0.2) is 25.4 Å². The second-order valence-electron chi connectivity index (χ2n) is 4.84. The van der Waals surface area contributed by atoms with Crippen molar-refractivity contribution in [2.45, 2.75) is 19.1 Å². The van der Waals surface area contributed by atoms with Gasteiger partial charge in [0.2, 0.25) is 0 Å². The molecule has 0 aliphatic heterocycles. The highest BCUT2D eigenvalue weighted by Gasteiger charge is 2.19. The minimum atomic E-state index is -0.751. The molecule has 2 rings (SSSR count). The second kappa shape index (κ2) is 7.51. The van der Waals surface area contributed by atoms with Gasteiger partial charge in [0, 0.05) is 4.47 Å². The van der Waals surface area contributed by atoms with Crippen molar-refractivity contribution in [1.29, 1.82) is 0 Å². The predicted octanol–water partition coefficient (Wildman–Crippen LogP) is 3.97. The minimum Gasteiger partial charge on any atom is -0.497 e. The van der Waals surface area contributed by atoms with E-state index in [2.05, 4.69) is 15.9 Å². The van der Waals surface area contributed by atoms with Crippen molar-refractivity contribution >= 4 is 15.9 Å². The number of hydrogen-bond acceptors (Lipinski definition) is 4. The van der Waals surface area contributed by atoms with E-state index in [1.165, 1.54) is 0 Å². The molecular weight excluding hydrogens is 348 g/mol. The largest absolute Gasteiger partial charge is 0.497 e. The summed E-state index contributed by atoms with van der Waals surface area (Å²) >= 11 is 3.39. The smallest absolute Gasteiger partial charge is 0.161 e. The van der Waals surface area contributed by atoms with Crippen molar-refractivity contribution < 1.29 is 19.3 Å². The highest BCUT2D eigenvalue weighted by atomic mass is 79.9. The summed E-state index contributed by atoms with van der Waals surface area (Å²) in [6, 6.07) is 12.8. The maximum absolute atomic E-state index is 10.4. The van der Waals surface area contributed by atoms with E-state index in [1.807, 2.05) is 43.3 Å². The van der Waals surface area contributed by atoms with Crippen LogP contribution < -0.4 is 14.2 Å². The summed E-state index contributed by atoms with van der Waals surface area (Å²) in [7, 11) is 3.19. The van der Waals surface area contributed by atoms with Crippen molar-refractivity contribution in [3.05, 3.63) is 52.5 Å². The molecule has 0 saturated carbocycles. The van der Waals surface area contributed by atoms with E-state index < -0.39 is 12.2 Å². The Morgan fingerprint density at radius 3 is 2.23 bits per heavy atom. The average molecular weight is 367 g/mol. The van der Waals surface area contributed by atoms with Gasteiger partial charge in [-0.25, -0.2) is 0 Å². The van der Waals surface area contributed by atoms with Gasteiger partial charge < -0.3 is 19.3 Å². The monoisotopic (exact) mass is 366 g/mol. The summed E-state index contributed by atoms with van der Waals surface area (Å²) in [5.41, 5.74) is 0.768. The summed E-state index contributed by atoms with van der Waals surface area (Å²) in [4.78, 5) is 0. The first kappa shape index (κ1) is 16.6. The Bertz CT molecular complexity index is 613. The van der Waals surface area contributed by atoms with Gasteiger partial charge in [-0.3, -0.25) is 0 Å². The Morgan fingerprint density at radius 2 is 1.64 bits per heavy atom. The zero-order valence-electron chi connectivity index (χ0n) is 12.7. The van der Waals surface area contributed by atoms with Gasteiger partial charge in [-0.05, 0) is 42.8 Å². The first-order valence-electron chi connectivity index (χ1n) is 6.87. The number of ether oxygens (including phenoxy) is 3. The fourth-order valence-electron chi connectivity index (χ4n) is 2.08. The van der Waals surface area contributed by atoms with Crippen LogP contribution in [0.1, 0.15) is 18.6 Å². The molecule has 0 unspecified atom stereocenters. The van der Waals surface area contributed by atoms with Crippen molar-refractivity contribution in [3.8, 4) is 17.2 Å². The van der Waals surface area contributed by atoms with Crippen LogP contribution in [0.4, 0.5) is 0 Å². The molecule has 0 heterocycles. The molecule has 2 atom stereocenters. The van der Waals surface area contributed by atoms with Crippen LogP contribution in [0, 0.1) is 0 Å². The minimum absolute atomic E-state index is 0.427. The third-order valence-electron chi connectivity index (χ3n) is 3.34. The van der Waals surface area contributed by atoms with Crippen LogP contribution in [0.3, 0.4) is 0 Å². The molecule has 5 heteroatoms. The van der Waals surface area contributed by atoms with E-state index in [0.29, 0.717) is 11.5 Å². The van der Waals surface area contributed by atoms with Crippen LogP contribution in [-0.2, 0) is 0 Å². The van der Waals surface area contributed by atoms with Crippen LogP contribution in [0.25, 0.3) is 0 Å². The zero-order valence-corrected chi connectivity index (χ0v) is 14.3. The molecule has 1 N–H and O–H groups in total. The third kappa shape index (κ3) is 3.93. The lowest BCUT2D eigenvalue weighted by Gasteiger charge is -2.22. The fraction of sp³-hybridized carbons (Fsp3) is 0.294. The SMILES string of the molecule is COc1ccc([C@H](O)[C@@H](C)Oc2ccc(Br)cc2OC)cc1. The zero-order chi connectivity index (χ0) is 16.1. The highest BCUT2D eigenvalue weighted by Crippen LogP contribution is 2.33. The Kier molecular flexibility index (Phi) is 5.69. The first-order valence-corrected chi connectivity index (χ1v) is 7.66. The standard InChI is InChI=1S/C17H19BrO4/c1-11(17(19)12-4-7-14(20-2)8-5-12)22-15-9-6-13(18)10-16(15)21-3/h4-11,17,19H,1-3H3/t11-,17-/m1/s1. The molecule has 0 aromatic heterocycles. The molecule has 0 saturated heterocycles. The van der Waals surface area contributed by atoms with Gasteiger partial charge in [-0.1, -0.05) is 28.1 Å². The molecule has 0 amide bonds. The average Bonchev–Trinajstić information content (AvgIpc) is 2.55. The molecule has 2 aromatic rings. The quantitative estimate of drug-likeness (QED) is 0.840. The van der Waals surface area contributed by atoms with Crippen LogP contribution in [0.2, 0.25) is 0 Å². The molecular formula is C17H19BrO4. The molecule has 0 spiro atoms. The third-order valence-corrected chi connectivity index (χ3v) is 3.83. The second-order valence-corrected chi connectivity index (χ2v) is 5.75. The Hall–Kier alpha value is -1.72. The molecule has 0 bridgehead atoms. The maximum atomic E-state index is 10.4. The number of hydrogen-bond donors (Lipinski definition) is 1. The van der Waals surface area contributed by atoms with E-state index in [9.17, 15) is 5.11 Å². The van der Waals surface area contributed by atoms with Crippen molar-refractivity contribution in [2.75, 3.05) is 14.2 Å². The molecule has 0 aliphatic rings. The van der Waals surface area contributed by atoms with Gasteiger partial charge in [-0.15, -0.1) is 0 Å². The van der Waals surface area contributed by atoms with Gasteiger partial charge in [0.15, 0.2) is 11.5 Å². The predicted molar refractivity (Wildman–Crippen MR) is 88.7 cm³/mol. The van der Waals surface area contributed by atoms with Crippen LogP contribution >= 0.6 is 15.9 Å². The van der Waals surface area contributed by atoms with E-state index in [1.54, 1.807) is 20.3 Å². The van der Waals surface area contributed by atoms with Crippen LogP contribution in [0.5, 0.6) is 17.2 Å². The lowest BCUT2D eigenvalue weighted by molar-refractivity contribution is 0.0451. The van der Waals surface area contributed by atoms with Crippen molar-refractivity contribution in [3.63, 3.8) is 0 Å². The number of benzene rings is 2.